The first kappa shape index (κ1) is 44.7. The van der Waals surface area contributed by atoms with Crippen molar-refractivity contribution < 1.29 is 153 Å². The van der Waals surface area contributed by atoms with Crippen LogP contribution < -0.4 is 114 Å². The van der Waals surface area contributed by atoms with Gasteiger partial charge in [0.05, 0.1) is 37.5 Å². The van der Waals surface area contributed by atoms with Gasteiger partial charge in [-0.1, -0.05) is 57.3 Å². The Labute approximate surface area is 338 Å². The predicted molar refractivity (Wildman–Crippen MR) is 145 cm³/mol. The van der Waals surface area contributed by atoms with Gasteiger partial charge >= 0.3 is 115 Å². The molecule has 2 aromatic carbocycles. The molecule has 0 bridgehead atoms. The summed E-state index contributed by atoms with van der Waals surface area (Å²) in [6.07, 6.45) is 0. The topological polar surface area (TPSA) is 161 Å². The number of hydrogen-bond acceptors (Lipinski definition) is 10. The Morgan fingerprint density at radius 1 is 1.18 bits per heavy atom. The van der Waals surface area contributed by atoms with Gasteiger partial charge in [-0.2, -0.15) is 0 Å². The van der Waals surface area contributed by atoms with Gasteiger partial charge in [-0.05, 0) is 44.5 Å². The summed E-state index contributed by atoms with van der Waals surface area (Å²) >= 11 is 14.4. The van der Waals surface area contributed by atoms with Gasteiger partial charge in [0.15, 0.2) is 5.58 Å². The largest absolute Gasteiger partial charge is 1.00 e. The van der Waals surface area contributed by atoms with Crippen molar-refractivity contribution in [3.63, 3.8) is 0 Å². The smallest absolute Gasteiger partial charge is 1.00 e. The van der Waals surface area contributed by atoms with Crippen molar-refractivity contribution in [3.05, 3.63) is 57.8 Å². The number of para-hydroxylation sites is 2. The zero-order valence-corrected chi connectivity index (χ0v) is 32.0. The third-order valence-corrected chi connectivity index (χ3v) is 4.87. The molecule has 0 unspecified atom stereocenters. The minimum absolute atomic E-state index is 0. The standard InChI is InChI=1S/C11H10ClNO3.C7H7ClO.C4H7BrO2.CH3F.CH2O3.2K.H/c1-2-15-11(14)10-8(13)6-4-3-5-7(12)9(6)16-10;1-5-3-2-4-6(8)7(5)9;1-2-7-4(6)3-5;1-2;2-1-4-3;;;/h3-5H,2,13H2,1H3;2-4,9H,1H3;2-3H2,1H3;1H3;1,3H;;;/q;;;;;2*+1;-1/p-1/i;;;1D;;;;. The Balaban J connectivity index is -0.000000151. The van der Waals surface area contributed by atoms with Crippen LogP contribution in [0.3, 0.4) is 0 Å². The Hall–Kier alpha value is 0.213. The van der Waals surface area contributed by atoms with E-state index < -0.39 is 13.1 Å². The molecular weight excluding hydrogens is 694 g/mol. The molecule has 40 heavy (non-hydrogen) atoms. The van der Waals surface area contributed by atoms with E-state index in [9.17, 15) is 14.0 Å². The third kappa shape index (κ3) is 18.7. The Bertz CT molecular complexity index is 1150. The molecule has 10 nitrogen and oxygen atoms in total. The first-order valence-corrected chi connectivity index (χ1v) is 12.2. The van der Waals surface area contributed by atoms with E-state index in [0.717, 1.165) is 5.56 Å². The van der Waals surface area contributed by atoms with Crippen LogP contribution in [0.2, 0.25) is 10.0 Å². The quantitative estimate of drug-likeness (QED) is 0.0859. The number of carbonyl (C=O) groups excluding carboxylic acids is 3. The van der Waals surface area contributed by atoms with Crippen LogP contribution in [0.15, 0.2) is 40.8 Å². The number of aryl methyl sites for hydroxylation is 1. The Morgan fingerprint density at radius 3 is 2.05 bits per heavy atom. The molecule has 16 heteroatoms. The number of anilines is 1. The fraction of sp³-hybridized carbons (Fsp3) is 0.292. The van der Waals surface area contributed by atoms with Crippen molar-refractivity contribution in [2.45, 2.75) is 20.8 Å². The number of ether oxygens (including phenoxy) is 2. The molecule has 0 aliphatic heterocycles. The molecule has 0 fully saturated rings. The number of benzene rings is 2. The van der Waals surface area contributed by atoms with Crippen molar-refractivity contribution in [2.24, 2.45) is 0 Å². The number of furan rings is 1. The van der Waals surface area contributed by atoms with Crippen molar-refractivity contribution in [3.8, 4) is 5.75 Å². The number of aromatic hydroxyl groups is 1. The van der Waals surface area contributed by atoms with E-state index in [4.69, 9.17) is 54.6 Å². The summed E-state index contributed by atoms with van der Waals surface area (Å²) in [6.45, 7) is 5.85. The van der Waals surface area contributed by atoms with Crippen LogP contribution in [0.5, 0.6) is 5.75 Å². The normalized spacial score (nSPS) is 8.85. The number of hydrogen-bond donors (Lipinski definition) is 2. The minimum Gasteiger partial charge on any atom is -1.00 e. The van der Waals surface area contributed by atoms with E-state index in [0.29, 0.717) is 33.0 Å². The second-order valence-electron chi connectivity index (χ2n) is 6.22. The summed E-state index contributed by atoms with van der Waals surface area (Å²) in [5, 5.41) is 19.2. The van der Waals surface area contributed by atoms with Crippen LogP contribution in [-0.4, -0.2) is 49.2 Å². The molecule has 3 aromatic rings. The number of phenols is 1. The van der Waals surface area contributed by atoms with Crippen LogP contribution in [0.1, 0.15) is 32.8 Å². The molecule has 1 aromatic heterocycles. The summed E-state index contributed by atoms with van der Waals surface area (Å²) in [5.41, 5.74) is 7.26. The molecule has 1 heterocycles. The van der Waals surface area contributed by atoms with Gasteiger partial charge in [-0.3, -0.25) is 14.0 Å². The zero-order valence-electron chi connectivity index (χ0n) is 24.7. The van der Waals surface area contributed by atoms with Gasteiger partial charge in [0.2, 0.25) is 5.76 Å². The molecule has 0 aliphatic carbocycles. The maximum Gasteiger partial charge on any atom is 1.00 e. The monoisotopic (exact) mass is 722 g/mol. The molecule has 0 amide bonds. The Kier molecular flexibility index (Phi) is 32.7. The van der Waals surface area contributed by atoms with E-state index in [1.165, 1.54) is 0 Å². The van der Waals surface area contributed by atoms with E-state index >= 15 is 0 Å². The molecule has 3 rings (SSSR count). The maximum absolute atomic E-state index is 11.5. The van der Waals surface area contributed by atoms with Crippen LogP contribution in [0.4, 0.5) is 10.1 Å². The number of phenolic OH excluding ortho intramolecular Hbond substituents is 1. The fourth-order valence-electron chi connectivity index (χ4n) is 2.28. The number of fused-ring (bicyclic) bond motifs is 1. The van der Waals surface area contributed by atoms with E-state index in [1.54, 1.807) is 57.2 Å². The molecule has 0 aliphatic rings. The van der Waals surface area contributed by atoms with Crippen LogP contribution >= 0.6 is 39.1 Å². The zero-order chi connectivity index (χ0) is 30.4. The number of nitrogen functional groups attached to an aromatic ring is 1. The van der Waals surface area contributed by atoms with E-state index in [-0.39, 0.29) is 140 Å². The molecule has 0 saturated heterocycles. The first-order chi connectivity index (χ1) is 18.5. The van der Waals surface area contributed by atoms with Crippen molar-refractivity contribution in [1.82, 2.24) is 0 Å². The summed E-state index contributed by atoms with van der Waals surface area (Å²) < 4.78 is 30.1. The van der Waals surface area contributed by atoms with Crippen LogP contribution in [0, 0.1) is 6.92 Å². The summed E-state index contributed by atoms with van der Waals surface area (Å²) in [4.78, 5) is 32.9. The Morgan fingerprint density at radius 2 is 1.68 bits per heavy atom. The summed E-state index contributed by atoms with van der Waals surface area (Å²) in [5.74, 6) is -0.598. The second-order valence-corrected chi connectivity index (χ2v) is 7.59. The van der Waals surface area contributed by atoms with Gasteiger partial charge in [-0.15, -0.1) is 0 Å². The van der Waals surface area contributed by atoms with Crippen molar-refractivity contribution in [1.29, 1.82) is 0 Å². The summed E-state index contributed by atoms with van der Waals surface area (Å²) in [6, 6.07) is 10.4. The van der Waals surface area contributed by atoms with Crippen molar-refractivity contribution >= 4 is 74.2 Å². The van der Waals surface area contributed by atoms with Gasteiger partial charge in [-0.25, -0.2) is 4.79 Å². The van der Waals surface area contributed by atoms with E-state index in [2.05, 4.69) is 25.6 Å². The maximum atomic E-state index is 11.5. The third-order valence-electron chi connectivity index (χ3n) is 3.81. The molecular formula is C24H29BrCl2FK2NO9. The molecule has 3 N–H and O–H groups in total. The SMILES string of the molecule is CCOC(=O)CBr.CCOC(=O)c1oc2c(Cl)cccc2c1N.Cc1cccc(Cl)c1O.O=CO[O-].[2H]CF.[H-].[K+].[K+]. The number of halogens is 4. The molecule has 0 atom stereocenters. The number of rotatable bonds is 5. The van der Waals surface area contributed by atoms with Gasteiger partial charge in [0.25, 0.3) is 6.47 Å². The second kappa shape index (κ2) is 29.3. The molecule has 0 saturated carbocycles. The van der Waals surface area contributed by atoms with Gasteiger partial charge < -0.3 is 36.3 Å². The number of alkyl halides is 2. The van der Waals surface area contributed by atoms with Crippen LogP contribution in [-0.2, 0) is 24.0 Å². The van der Waals surface area contributed by atoms with Gasteiger partial charge in [0.1, 0.15) is 11.1 Å². The average molecular weight is 725 g/mol. The van der Waals surface area contributed by atoms with Gasteiger partial charge in [0, 0.05) is 5.39 Å². The van der Waals surface area contributed by atoms with Crippen molar-refractivity contribution in [2.75, 3.05) is 31.4 Å². The van der Waals surface area contributed by atoms with E-state index in [1.807, 2.05) is 0 Å². The fourth-order valence-corrected chi connectivity index (χ4v) is 2.87. The molecule has 0 spiro atoms. The number of carbonyl (C=O) groups is 3. The molecule has 214 valence electrons. The summed E-state index contributed by atoms with van der Waals surface area (Å²) in [7, 11) is -1.00. The number of esters is 2. The minimum atomic E-state index is -1.00. The predicted octanol–water partition coefficient (Wildman–Crippen LogP) is -0.716. The van der Waals surface area contributed by atoms with Crippen LogP contribution in [0.25, 0.3) is 11.0 Å². The average Bonchev–Trinajstić information content (AvgIpc) is 3.26. The first-order valence-electron chi connectivity index (χ1n) is 11.1. The molecule has 0 radical (unpaired) electrons. The number of nitrogens with two attached hydrogens (primary N) is 1.